The number of carbonyl (C=O) groups excluding carboxylic acids is 1. The lowest BCUT2D eigenvalue weighted by atomic mass is 9.95. The number of methoxy groups -OCH3 is 2. The molecular formula is C17H19BrO3. The van der Waals surface area contributed by atoms with Gasteiger partial charge in [-0.2, -0.15) is 0 Å². The van der Waals surface area contributed by atoms with Crippen molar-refractivity contribution in [1.82, 2.24) is 0 Å². The number of ketones is 1. The first-order chi connectivity index (χ1) is 10.2. The van der Waals surface area contributed by atoms with Crippen LogP contribution in [-0.4, -0.2) is 20.0 Å². The number of ether oxygens (including phenoxy) is 2. The Bertz CT molecular complexity index is 596. The van der Waals surface area contributed by atoms with Crippen molar-refractivity contribution < 1.29 is 14.3 Å². The largest absolute Gasteiger partial charge is 0.495 e. The molecule has 3 aliphatic rings. The van der Waals surface area contributed by atoms with Crippen molar-refractivity contribution in [2.75, 3.05) is 14.2 Å². The summed E-state index contributed by atoms with van der Waals surface area (Å²) in [6.45, 7) is 0. The highest BCUT2D eigenvalue weighted by molar-refractivity contribution is 9.10. The van der Waals surface area contributed by atoms with Crippen LogP contribution in [-0.2, 0) is 0 Å². The molecule has 21 heavy (non-hydrogen) atoms. The molecule has 4 rings (SSSR count). The van der Waals surface area contributed by atoms with E-state index in [0.29, 0.717) is 28.9 Å². The molecule has 4 heteroatoms. The monoisotopic (exact) mass is 350 g/mol. The van der Waals surface area contributed by atoms with Gasteiger partial charge in [0.1, 0.15) is 16.0 Å². The van der Waals surface area contributed by atoms with Gasteiger partial charge in [0.05, 0.1) is 19.8 Å². The van der Waals surface area contributed by atoms with Gasteiger partial charge in [-0.15, -0.1) is 0 Å². The average molecular weight is 351 g/mol. The van der Waals surface area contributed by atoms with E-state index in [9.17, 15) is 4.79 Å². The quantitative estimate of drug-likeness (QED) is 0.771. The third-order valence-electron chi connectivity index (χ3n) is 5.79. The summed E-state index contributed by atoms with van der Waals surface area (Å²) in [7, 11) is 3.22. The zero-order valence-corrected chi connectivity index (χ0v) is 13.9. The molecule has 2 bridgehead atoms. The van der Waals surface area contributed by atoms with E-state index in [0.717, 1.165) is 16.3 Å². The Morgan fingerprint density at radius 2 is 1.81 bits per heavy atom. The lowest BCUT2D eigenvalue weighted by Crippen LogP contribution is -2.11. The number of fused-ring (bicyclic) bond motifs is 5. The molecule has 112 valence electrons. The summed E-state index contributed by atoms with van der Waals surface area (Å²) in [5, 5.41) is 0. The minimum Gasteiger partial charge on any atom is -0.495 e. The van der Waals surface area contributed by atoms with Crippen LogP contribution in [0.1, 0.15) is 29.6 Å². The van der Waals surface area contributed by atoms with Gasteiger partial charge in [-0.05, 0) is 71.0 Å². The zero-order valence-electron chi connectivity index (χ0n) is 12.3. The van der Waals surface area contributed by atoms with E-state index < -0.39 is 0 Å². The Kier molecular flexibility index (Phi) is 3.07. The number of hydrogen-bond acceptors (Lipinski definition) is 3. The maximum Gasteiger partial charge on any atom is 0.170 e. The van der Waals surface area contributed by atoms with E-state index in [1.165, 1.54) is 19.3 Å². The van der Waals surface area contributed by atoms with Crippen molar-refractivity contribution in [3.63, 3.8) is 0 Å². The second-order valence-corrected chi connectivity index (χ2v) is 7.33. The third kappa shape index (κ3) is 1.81. The SMILES string of the molecule is COc1ccc(C(=O)C2C3C4CCC(C4)C23)c(OC)c1Br. The topological polar surface area (TPSA) is 35.5 Å². The van der Waals surface area contributed by atoms with Gasteiger partial charge in [0.25, 0.3) is 0 Å². The molecule has 3 aliphatic carbocycles. The zero-order chi connectivity index (χ0) is 14.7. The van der Waals surface area contributed by atoms with Gasteiger partial charge in [0.15, 0.2) is 5.78 Å². The van der Waals surface area contributed by atoms with Crippen LogP contribution in [0.2, 0.25) is 0 Å². The molecule has 4 unspecified atom stereocenters. The van der Waals surface area contributed by atoms with Gasteiger partial charge >= 0.3 is 0 Å². The molecule has 1 aromatic carbocycles. The first-order valence-corrected chi connectivity index (χ1v) is 8.41. The highest BCUT2D eigenvalue weighted by Gasteiger charge is 2.67. The molecule has 0 aliphatic heterocycles. The summed E-state index contributed by atoms with van der Waals surface area (Å²) in [6, 6.07) is 3.69. The number of rotatable bonds is 4. The fourth-order valence-electron chi connectivity index (χ4n) is 4.94. The number of carbonyl (C=O) groups is 1. The Morgan fingerprint density at radius 1 is 1.14 bits per heavy atom. The van der Waals surface area contributed by atoms with Crippen LogP contribution < -0.4 is 9.47 Å². The normalized spacial score (nSPS) is 35.5. The summed E-state index contributed by atoms with van der Waals surface area (Å²) in [5.41, 5.74) is 0.698. The molecule has 0 saturated heterocycles. The van der Waals surface area contributed by atoms with Crippen molar-refractivity contribution in [1.29, 1.82) is 0 Å². The summed E-state index contributed by atoms with van der Waals surface area (Å²) in [6.07, 6.45) is 4.03. The van der Waals surface area contributed by atoms with Gasteiger partial charge in [-0.25, -0.2) is 0 Å². The van der Waals surface area contributed by atoms with Crippen molar-refractivity contribution >= 4 is 21.7 Å². The maximum absolute atomic E-state index is 12.9. The molecule has 3 fully saturated rings. The Hall–Kier alpha value is -1.03. The van der Waals surface area contributed by atoms with E-state index in [1.54, 1.807) is 14.2 Å². The maximum atomic E-state index is 12.9. The summed E-state index contributed by atoms with van der Waals surface area (Å²) in [5.74, 6) is 4.73. The van der Waals surface area contributed by atoms with Crippen molar-refractivity contribution in [2.24, 2.45) is 29.6 Å². The van der Waals surface area contributed by atoms with Crippen molar-refractivity contribution in [3.05, 3.63) is 22.2 Å². The highest BCUT2D eigenvalue weighted by Crippen LogP contribution is 2.70. The van der Waals surface area contributed by atoms with Crippen LogP contribution >= 0.6 is 15.9 Å². The van der Waals surface area contributed by atoms with E-state index in [4.69, 9.17) is 9.47 Å². The summed E-state index contributed by atoms with van der Waals surface area (Å²) < 4.78 is 11.5. The molecule has 1 aromatic rings. The lowest BCUT2D eigenvalue weighted by molar-refractivity contribution is 0.0941. The minimum atomic E-state index is 0.241. The smallest absolute Gasteiger partial charge is 0.170 e. The third-order valence-corrected chi connectivity index (χ3v) is 6.54. The molecule has 0 amide bonds. The van der Waals surface area contributed by atoms with E-state index in [1.807, 2.05) is 12.1 Å². The second kappa shape index (κ2) is 4.73. The van der Waals surface area contributed by atoms with Crippen LogP contribution in [0.15, 0.2) is 16.6 Å². The molecule has 4 atom stereocenters. The highest BCUT2D eigenvalue weighted by atomic mass is 79.9. The molecule has 0 aromatic heterocycles. The van der Waals surface area contributed by atoms with Gasteiger partial charge in [-0.3, -0.25) is 4.79 Å². The molecule has 3 saturated carbocycles. The van der Waals surface area contributed by atoms with Crippen LogP contribution in [0.25, 0.3) is 0 Å². The molecule has 0 heterocycles. The molecule has 0 N–H and O–H groups in total. The average Bonchev–Trinajstić information content (AvgIpc) is 2.93. The first-order valence-electron chi connectivity index (χ1n) is 7.62. The number of hydrogen-bond donors (Lipinski definition) is 0. The predicted octanol–water partition coefficient (Wildman–Crippen LogP) is 3.94. The molecule has 3 nitrogen and oxygen atoms in total. The molecule has 0 radical (unpaired) electrons. The standard InChI is InChI=1S/C17H19BrO3/c1-20-11-6-5-10(17(21-2)15(11)18)16(19)14-12-8-3-4-9(7-8)13(12)14/h5-6,8-9,12-14H,3-4,7H2,1-2H3. The predicted molar refractivity (Wildman–Crippen MR) is 82.9 cm³/mol. The number of benzene rings is 1. The van der Waals surface area contributed by atoms with E-state index >= 15 is 0 Å². The van der Waals surface area contributed by atoms with Gasteiger partial charge < -0.3 is 9.47 Å². The Labute approximate surface area is 133 Å². The lowest BCUT2D eigenvalue weighted by Gasteiger charge is -2.14. The minimum absolute atomic E-state index is 0.241. The molecular weight excluding hydrogens is 332 g/mol. The van der Waals surface area contributed by atoms with Crippen LogP contribution in [0.3, 0.4) is 0 Å². The summed E-state index contributed by atoms with van der Waals surface area (Å²) >= 11 is 3.49. The van der Waals surface area contributed by atoms with Gasteiger partial charge in [0.2, 0.25) is 0 Å². The van der Waals surface area contributed by atoms with Crippen molar-refractivity contribution in [3.8, 4) is 11.5 Å². The van der Waals surface area contributed by atoms with Crippen LogP contribution in [0.5, 0.6) is 11.5 Å². The Morgan fingerprint density at radius 3 is 2.38 bits per heavy atom. The fraction of sp³-hybridized carbons (Fsp3) is 0.588. The molecule has 0 spiro atoms. The first kappa shape index (κ1) is 13.6. The van der Waals surface area contributed by atoms with Crippen LogP contribution in [0, 0.1) is 29.6 Å². The number of halogens is 1. The van der Waals surface area contributed by atoms with E-state index in [2.05, 4.69) is 15.9 Å². The van der Waals surface area contributed by atoms with Crippen LogP contribution in [0.4, 0.5) is 0 Å². The Balaban J connectivity index is 1.65. The van der Waals surface area contributed by atoms with Gasteiger partial charge in [0, 0.05) is 5.92 Å². The van der Waals surface area contributed by atoms with Gasteiger partial charge in [-0.1, -0.05) is 0 Å². The fourth-order valence-corrected chi connectivity index (χ4v) is 5.61. The summed E-state index contributed by atoms with van der Waals surface area (Å²) in [4.78, 5) is 12.9. The van der Waals surface area contributed by atoms with E-state index in [-0.39, 0.29) is 11.7 Å². The second-order valence-electron chi connectivity index (χ2n) is 6.54. The van der Waals surface area contributed by atoms with Crippen molar-refractivity contribution in [2.45, 2.75) is 19.3 Å². The number of Topliss-reactive ketones (excluding diaryl/α,β-unsaturated/α-hetero) is 1.